The fourth-order valence-corrected chi connectivity index (χ4v) is 1.11. The van der Waals surface area contributed by atoms with E-state index in [0.29, 0.717) is 5.56 Å². The largest absolute Gasteiger partial charge is 0.515 e. The number of carbonyl (C=O) groups excluding carboxylic acids is 1. The second kappa shape index (κ2) is 5.32. The summed E-state index contributed by atoms with van der Waals surface area (Å²) in [7, 11) is 0. The van der Waals surface area contributed by atoms with Crippen LogP contribution in [0.25, 0.3) is 0 Å². The van der Waals surface area contributed by atoms with Gasteiger partial charge in [-0.15, -0.1) is 0 Å². The summed E-state index contributed by atoms with van der Waals surface area (Å²) in [5.41, 5.74) is 0.385. The first-order valence-corrected chi connectivity index (χ1v) is 4.73. The lowest BCUT2D eigenvalue weighted by atomic mass is 10.2. The summed E-state index contributed by atoms with van der Waals surface area (Å²) >= 11 is 5.16. The van der Waals surface area contributed by atoms with E-state index in [4.69, 9.17) is 16.3 Å². The molecule has 16 heavy (non-hydrogen) atoms. The minimum Gasteiger partial charge on any atom is -0.418 e. The molecule has 0 bridgehead atoms. The molecule has 0 fully saturated rings. The molecule has 0 amide bonds. The lowest BCUT2D eigenvalue weighted by Gasteiger charge is -2.05. The van der Waals surface area contributed by atoms with Crippen LogP contribution in [-0.4, -0.2) is 17.1 Å². The SMILES string of the molecule is Cc1cc([N+](=O)[O-])ccc1OC(=O)OCCl. The monoisotopic (exact) mass is 245 g/mol. The van der Waals surface area contributed by atoms with Gasteiger partial charge in [0.15, 0.2) is 6.07 Å². The number of carbonyl (C=O) groups is 1. The molecule has 0 heterocycles. The van der Waals surface area contributed by atoms with E-state index < -0.39 is 11.1 Å². The molecule has 0 saturated carbocycles. The Bertz CT molecular complexity index is 420. The zero-order chi connectivity index (χ0) is 12.1. The second-order valence-electron chi connectivity index (χ2n) is 2.81. The fourth-order valence-electron chi connectivity index (χ4n) is 1.03. The highest BCUT2D eigenvalue weighted by Gasteiger charge is 2.12. The normalized spacial score (nSPS) is 9.62. The van der Waals surface area contributed by atoms with Gasteiger partial charge in [0.05, 0.1) is 4.92 Å². The number of halogens is 1. The van der Waals surface area contributed by atoms with Crippen molar-refractivity contribution in [2.24, 2.45) is 0 Å². The molecular formula is C9H8ClNO5. The summed E-state index contributed by atoms with van der Waals surface area (Å²) in [5, 5.41) is 10.4. The third kappa shape index (κ3) is 3.09. The van der Waals surface area contributed by atoms with Gasteiger partial charge in [0.1, 0.15) is 5.75 Å². The number of hydrogen-bond acceptors (Lipinski definition) is 5. The Morgan fingerprint density at radius 1 is 1.56 bits per heavy atom. The van der Waals surface area contributed by atoms with Crippen molar-refractivity contribution in [3.63, 3.8) is 0 Å². The van der Waals surface area contributed by atoms with E-state index in [9.17, 15) is 14.9 Å². The van der Waals surface area contributed by atoms with Gasteiger partial charge in [0, 0.05) is 12.1 Å². The molecule has 6 nitrogen and oxygen atoms in total. The molecule has 0 unspecified atom stereocenters. The molecule has 0 aromatic heterocycles. The van der Waals surface area contributed by atoms with Gasteiger partial charge in [-0.2, -0.15) is 0 Å². The maximum absolute atomic E-state index is 10.9. The summed E-state index contributed by atoms with van der Waals surface area (Å²) in [6, 6.07) is 3.54. The number of ether oxygens (including phenoxy) is 2. The van der Waals surface area contributed by atoms with Crippen LogP contribution in [0.4, 0.5) is 10.5 Å². The van der Waals surface area contributed by atoms with Crippen LogP contribution in [-0.2, 0) is 4.74 Å². The van der Waals surface area contributed by atoms with E-state index >= 15 is 0 Å². The Hall–Kier alpha value is -1.82. The molecule has 0 N–H and O–H groups in total. The number of non-ortho nitro benzene ring substituents is 1. The van der Waals surface area contributed by atoms with Crippen molar-refractivity contribution >= 4 is 23.4 Å². The van der Waals surface area contributed by atoms with Crippen molar-refractivity contribution < 1.29 is 19.2 Å². The zero-order valence-electron chi connectivity index (χ0n) is 8.31. The van der Waals surface area contributed by atoms with Crippen molar-refractivity contribution in [3.05, 3.63) is 33.9 Å². The van der Waals surface area contributed by atoms with Crippen molar-refractivity contribution in [1.82, 2.24) is 0 Å². The number of rotatable bonds is 3. The predicted molar refractivity (Wildman–Crippen MR) is 55.7 cm³/mol. The lowest BCUT2D eigenvalue weighted by molar-refractivity contribution is -0.384. The quantitative estimate of drug-likeness (QED) is 0.269. The summed E-state index contributed by atoms with van der Waals surface area (Å²) in [6.07, 6.45) is -0.952. The predicted octanol–water partition coefficient (Wildman–Crippen LogP) is 2.61. The third-order valence-corrected chi connectivity index (χ3v) is 1.84. The van der Waals surface area contributed by atoms with E-state index in [1.165, 1.54) is 18.2 Å². The van der Waals surface area contributed by atoms with E-state index in [2.05, 4.69) is 4.74 Å². The zero-order valence-corrected chi connectivity index (χ0v) is 9.06. The van der Waals surface area contributed by atoms with E-state index in [1.807, 2.05) is 0 Å². The van der Waals surface area contributed by atoms with Crippen molar-refractivity contribution in [3.8, 4) is 5.75 Å². The van der Waals surface area contributed by atoms with Crippen LogP contribution >= 0.6 is 11.6 Å². The Morgan fingerprint density at radius 3 is 2.75 bits per heavy atom. The molecule has 0 saturated heterocycles. The van der Waals surface area contributed by atoms with E-state index in [1.54, 1.807) is 6.92 Å². The fraction of sp³-hybridized carbons (Fsp3) is 0.222. The molecule has 0 aliphatic heterocycles. The van der Waals surface area contributed by atoms with Gasteiger partial charge in [-0.3, -0.25) is 10.1 Å². The number of nitrogens with zero attached hydrogens (tertiary/aromatic N) is 1. The first-order chi connectivity index (χ1) is 7.54. The van der Waals surface area contributed by atoms with Gasteiger partial charge in [0.2, 0.25) is 0 Å². The third-order valence-electron chi connectivity index (χ3n) is 1.74. The highest BCUT2D eigenvalue weighted by Crippen LogP contribution is 2.23. The summed E-state index contributed by atoms with van der Waals surface area (Å²) in [5.74, 6) is 0.195. The molecule has 7 heteroatoms. The van der Waals surface area contributed by atoms with E-state index in [0.717, 1.165) is 0 Å². The maximum Gasteiger partial charge on any atom is 0.515 e. The smallest absolute Gasteiger partial charge is 0.418 e. The minimum atomic E-state index is -0.952. The number of aryl methyl sites for hydroxylation is 1. The second-order valence-corrected chi connectivity index (χ2v) is 3.03. The van der Waals surface area contributed by atoms with Crippen LogP contribution in [0, 0.1) is 17.0 Å². The van der Waals surface area contributed by atoms with Gasteiger partial charge < -0.3 is 9.47 Å². The Kier molecular flexibility index (Phi) is 4.07. The van der Waals surface area contributed by atoms with Crippen LogP contribution in [0.15, 0.2) is 18.2 Å². The molecule has 0 radical (unpaired) electrons. The summed E-state index contributed by atoms with van der Waals surface area (Å²) in [6.45, 7) is 1.58. The highest BCUT2D eigenvalue weighted by molar-refractivity contribution is 6.17. The van der Waals surface area contributed by atoms with Crippen LogP contribution in [0.5, 0.6) is 5.75 Å². The molecular weight excluding hydrogens is 238 g/mol. The van der Waals surface area contributed by atoms with Crippen molar-refractivity contribution in [1.29, 1.82) is 0 Å². The average Bonchev–Trinajstić information content (AvgIpc) is 2.21. The number of benzene rings is 1. The van der Waals surface area contributed by atoms with Gasteiger partial charge in [0.25, 0.3) is 5.69 Å². The van der Waals surface area contributed by atoms with Crippen LogP contribution in [0.2, 0.25) is 0 Å². The van der Waals surface area contributed by atoms with Crippen LogP contribution < -0.4 is 4.74 Å². The van der Waals surface area contributed by atoms with Gasteiger partial charge in [-0.25, -0.2) is 4.79 Å². The Balaban J connectivity index is 2.83. The Morgan fingerprint density at radius 2 is 2.25 bits per heavy atom. The molecule has 0 atom stereocenters. The van der Waals surface area contributed by atoms with Gasteiger partial charge in [-0.05, 0) is 18.6 Å². The highest BCUT2D eigenvalue weighted by atomic mass is 35.5. The molecule has 0 aliphatic carbocycles. The molecule has 1 rings (SSSR count). The van der Waals surface area contributed by atoms with Crippen LogP contribution in [0.1, 0.15) is 5.56 Å². The maximum atomic E-state index is 10.9. The molecule has 0 aliphatic rings. The number of hydrogen-bond donors (Lipinski definition) is 0. The number of nitro groups is 1. The van der Waals surface area contributed by atoms with Gasteiger partial charge in [-0.1, -0.05) is 11.6 Å². The molecule has 1 aromatic carbocycles. The minimum absolute atomic E-state index is 0.0736. The topological polar surface area (TPSA) is 78.7 Å². The summed E-state index contributed by atoms with van der Waals surface area (Å²) in [4.78, 5) is 20.8. The number of nitro benzene ring substituents is 1. The van der Waals surface area contributed by atoms with Crippen molar-refractivity contribution in [2.75, 3.05) is 6.07 Å². The molecule has 1 aromatic rings. The molecule has 0 spiro atoms. The van der Waals surface area contributed by atoms with E-state index in [-0.39, 0.29) is 17.5 Å². The average molecular weight is 246 g/mol. The lowest BCUT2D eigenvalue weighted by Crippen LogP contribution is -2.10. The Labute approximate surface area is 95.9 Å². The number of alkyl halides is 1. The van der Waals surface area contributed by atoms with Crippen LogP contribution in [0.3, 0.4) is 0 Å². The molecule has 86 valence electrons. The van der Waals surface area contributed by atoms with Gasteiger partial charge >= 0.3 is 6.16 Å². The standard InChI is InChI=1S/C9H8ClNO5/c1-6-4-7(11(13)14)2-3-8(6)16-9(12)15-5-10/h2-4H,5H2,1H3. The first-order valence-electron chi connectivity index (χ1n) is 4.20. The summed E-state index contributed by atoms with van der Waals surface area (Å²) < 4.78 is 9.10. The van der Waals surface area contributed by atoms with Crippen molar-refractivity contribution in [2.45, 2.75) is 6.92 Å². The first kappa shape index (κ1) is 12.3.